The molecule has 2 aliphatic heterocycles. The molecule has 0 aliphatic carbocycles. The van der Waals surface area contributed by atoms with Crippen molar-refractivity contribution in [2.24, 2.45) is 0 Å². The molecule has 6 heteroatoms. The predicted molar refractivity (Wildman–Crippen MR) is 112 cm³/mol. The van der Waals surface area contributed by atoms with Crippen LogP contribution in [-0.2, 0) is 4.74 Å². The van der Waals surface area contributed by atoms with Crippen LogP contribution >= 0.6 is 0 Å². The maximum absolute atomic E-state index is 13.4. The van der Waals surface area contributed by atoms with Gasteiger partial charge in [-0.3, -0.25) is 9.78 Å². The van der Waals surface area contributed by atoms with Crippen LogP contribution in [0.3, 0.4) is 0 Å². The fourth-order valence-electron chi connectivity index (χ4n) is 4.74. The lowest BCUT2D eigenvalue weighted by Gasteiger charge is -2.27. The number of aromatic nitrogens is 2. The second-order valence-corrected chi connectivity index (χ2v) is 8.19. The molecule has 1 amide bonds. The van der Waals surface area contributed by atoms with Gasteiger partial charge in [-0.15, -0.1) is 0 Å². The van der Waals surface area contributed by atoms with E-state index >= 15 is 0 Å². The second-order valence-electron chi connectivity index (χ2n) is 8.19. The lowest BCUT2D eigenvalue weighted by atomic mass is 10.1. The third-order valence-corrected chi connectivity index (χ3v) is 6.30. The summed E-state index contributed by atoms with van der Waals surface area (Å²) in [6, 6.07) is 6.41. The first-order valence-electron chi connectivity index (χ1n) is 10.7. The molecule has 2 fully saturated rings. The van der Waals surface area contributed by atoms with Gasteiger partial charge in [0.1, 0.15) is 12.4 Å². The van der Waals surface area contributed by atoms with E-state index in [-0.39, 0.29) is 11.9 Å². The molecule has 0 radical (unpaired) electrons. The van der Waals surface area contributed by atoms with Crippen LogP contribution in [0.15, 0.2) is 24.4 Å². The Kier molecular flexibility index (Phi) is 5.90. The summed E-state index contributed by atoms with van der Waals surface area (Å²) in [4.78, 5) is 19.7. The molecule has 156 valence electrons. The van der Waals surface area contributed by atoms with Crippen LogP contribution in [0.1, 0.15) is 59.2 Å². The smallest absolute Gasteiger partial charge is 0.256 e. The van der Waals surface area contributed by atoms with Crippen LogP contribution in [0.25, 0.3) is 0 Å². The van der Waals surface area contributed by atoms with Gasteiger partial charge in [0.25, 0.3) is 5.91 Å². The summed E-state index contributed by atoms with van der Waals surface area (Å²) in [7, 11) is 0. The molecule has 4 rings (SSSR count). The highest BCUT2D eigenvalue weighted by atomic mass is 16.5. The zero-order chi connectivity index (χ0) is 20.4. The van der Waals surface area contributed by atoms with Crippen LogP contribution < -0.4 is 4.74 Å². The molecule has 6 nitrogen and oxygen atoms in total. The first-order chi connectivity index (χ1) is 14.1. The normalized spacial score (nSPS) is 20.2. The summed E-state index contributed by atoms with van der Waals surface area (Å²) in [6.45, 7) is 9.02. The summed E-state index contributed by atoms with van der Waals surface area (Å²) >= 11 is 0. The third kappa shape index (κ3) is 4.04. The average Bonchev–Trinajstić information content (AvgIpc) is 3.31. The lowest BCUT2D eigenvalue weighted by molar-refractivity contribution is 0.0675. The van der Waals surface area contributed by atoms with Crippen LogP contribution in [-0.4, -0.2) is 52.8 Å². The number of hydrogen-bond acceptors (Lipinski definition) is 4. The molecule has 1 unspecified atom stereocenters. The van der Waals surface area contributed by atoms with Crippen molar-refractivity contribution in [1.82, 2.24) is 14.5 Å². The predicted octanol–water partition coefficient (Wildman–Crippen LogP) is 3.84. The molecule has 2 saturated heterocycles. The molecule has 1 atom stereocenters. The molecule has 2 aromatic rings. The van der Waals surface area contributed by atoms with Crippen molar-refractivity contribution >= 4 is 5.91 Å². The van der Waals surface area contributed by atoms with Crippen LogP contribution in [0.2, 0.25) is 0 Å². The Morgan fingerprint density at radius 2 is 2.03 bits per heavy atom. The largest absolute Gasteiger partial charge is 0.490 e. The van der Waals surface area contributed by atoms with E-state index in [0.717, 1.165) is 73.8 Å². The van der Waals surface area contributed by atoms with Crippen LogP contribution in [0, 0.1) is 20.8 Å². The molecule has 4 heterocycles. The van der Waals surface area contributed by atoms with Crippen molar-refractivity contribution in [3.8, 4) is 5.75 Å². The van der Waals surface area contributed by atoms with Gasteiger partial charge in [0.05, 0.1) is 17.3 Å². The standard InChI is InChI=1S/C23H31N3O3/c1-16-14-21(18(3)26(16)19-8-12-28-13-9-19)23(27)25-11-5-6-20(25)15-29-22-7-4-10-24-17(22)2/h4,7,10,14,19-20H,5-6,8-9,11-13,15H2,1-3H3. The second kappa shape index (κ2) is 8.57. The molecule has 0 saturated carbocycles. The molecule has 0 aromatic carbocycles. The molecule has 0 spiro atoms. The maximum Gasteiger partial charge on any atom is 0.256 e. The van der Waals surface area contributed by atoms with Gasteiger partial charge >= 0.3 is 0 Å². The SMILES string of the molecule is Cc1ncccc1OCC1CCCN1C(=O)c1cc(C)n(C2CCOCC2)c1C. The van der Waals surface area contributed by atoms with Crippen molar-refractivity contribution in [3.63, 3.8) is 0 Å². The minimum Gasteiger partial charge on any atom is -0.490 e. The van der Waals surface area contributed by atoms with Crippen LogP contribution in [0.4, 0.5) is 0 Å². The highest BCUT2D eigenvalue weighted by Crippen LogP contribution is 2.30. The fourth-order valence-corrected chi connectivity index (χ4v) is 4.74. The maximum atomic E-state index is 13.4. The van der Waals surface area contributed by atoms with Gasteiger partial charge in [-0.1, -0.05) is 0 Å². The highest BCUT2D eigenvalue weighted by molar-refractivity contribution is 5.96. The summed E-state index contributed by atoms with van der Waals surface area (Å²) in [5, 5.41) is 0. The van der Waals surface area contributed by atoms with E-state index in [1.807, 2.05) is 24.0 Å². The Balaban J connectivity index is 1.49. The third-order valence-electron chi connectivity index (χ3n) is 6.30. The van der Waals surface area contributed by atoms with Gasteiger partial charge in [-0.05, 0) is 64.7 Å². The molecular weight excluding hydrogens is 366 g/mol. The Morgan fingerprint density at radius 3 is 2.79 bits per heavy atom. The summed E-state index contributed by atoms with van der Waals surface area (Å²) in [5.41, 5.74) is 3.95. The van der Waals surface area contributed by atoms with E-state index in [1.54, 1.807) is 6.20 Å². The number of nitrogens with zero attached hydrogens (tertiary/aromatic N) is 3. The van der Waals surface area contributed by atoms with Gasteiger partial charge in [-0.2, -0.15) is 0 Å². The molecule has 2 aliphatic rings. The minimum atomic E-state index is 0.105. The first-order valence-corrected chi connectivity index (χ1v) is 10.7. The Morgan fingerprint density at radius 1 is 1.24 bits per heavy atom. The molecule has 0 N–H and O–H groups in total. The van der Waals surface area contributed by atoms with E-state index in [0.29, 0.717) is 12.6 Å². The number of ether oxygens (including phenoxy) is 2. The number of carbonyl (C=O) groups excluding carboxylic acids is 1. The van der Waals surface area contributed by atoms with E-state index < -0.39 is 0 Å². The summed E-state index contributed by atoms with van der Waals surface area (Å²) in [6.07, 6.45) is 5.78. The van der Waals surface area contributed by atoms with E-state index in [9.17, 15) is 4.79 Å². The number of carbonyl (C=O) groups is 1. The zero-order valence-corrected chi connectivity index (χ0v) is 17.7. The van der Waals surface area contributed by atoms with E-state index in [1.165, 1.54) is 0 Å². The lowest BCUT2D eigenvalue weighted by Crippen LogP contribution is -2.39. The fraction of sp³-hybridized carbons (Fsp3) is 0.565. The summed E-state index contributed by atoms with van der Waals surface area (Å²) < 4.78 is 13.9. The van der Waals surface area contributed by atoms with Gasteiger partial charge < -0.3 is 18.9 Å². The quantitative estimate of drug-likeness (QED) is 0.769. The van der Waals surface area contributed by atoms with Crippen molar-refractivity contribution in [2.75, 3.05) is 26.4 Å². The van der Waals surface area contributed by atoms with E-state index in [4.69, 9.17) is 9.47 Å². The Hall–Kier alpha value is -2.34. The number of hydrogen-bond donors (Lipinski definition) is 0. The summed E-state index contributed by atoms with van der Waals surface area (Å²) in [5.74, 6) is 0.926. The average molecular weight is 398 g/mol. The first kappa shape index (κ1) is 20.0. The number of rotatable bonds is 5. The van der Waals surface area contributed by atoms with E-state index in [2.05, 4.69) is 29.5 Å². The van der Waals surface area contributed by atoms with Crippen molar-refractivity contribution < 1.29 is 14.3 Å². The Bertz CT molecular complexity index is 870. The number of likely N-dealkylation sites (tertiary alicyclic amines) is 1. The molecule has 2 aromatic heterocycles. The minimum absolute atomic E-state index is 0.105. The topological polar surface area (TPSA) is 56.6 Å². The van der Waals surface area contributed by atoms with Crippen molar-refractivity contribution in [3.05, 3.63) is 47.0 Å². The number of pyridine rings is 1. The number of amides is 1. The number of aryl methyl sites for hydroxylation is 2. The molecule has 0 bridgehead atoms. The monoisotopic (exact) mass is 397 g/mol. The van der Waals surface area contributed by atoms with Crippen LogP contribution in [0.5, 0.6) is 5.75 Å². The van der Waals surface area contributed by atoms with Crippen molar-refractivity contribution in [1.29, 1.82) is 0 Å². The molecule has 29 heavy (non-hydrogen) atoms. The van der Waals surface area contributed by atoms with Gasteiger partial charge in [-0.25, -0.2) is 0 Å². The Labute approximate surface area is 172 Å². The highest BCUT2D eigenvalue weighted by Gasteiger charge is 2.32. The molecular formula is C23H31N3O3. The van der Waals surface area contributed by atoms with Crippen molar-refractivity contribution in [2.45, 2.75) is 58.5 Å². The van der Waals surface area contributed by atoms with Gasteiger partial charge in [0.2, 0.25) is 0 Å². The zero-order valence-electron chi connectivity index (χ0n) is 17.7. The van der Waals surface area contributed by atoms with Gasteiger partial charge in [0, 0.05) is 43.4 Å². The van der Waals surface area contributed by atoms with Gasteiger partial charge in [0.15, 0.2) is 0 Å².